The van der Waals surface area contributed by atoms with Crippen LogP contribution in [0.15, 0.2) is 24.2 Å². The minimum atomic E-state index is -0.517. The quantitative estimate of drug-likeness (QED) is 0.755. The lowest BCUT2D eigenvalue weighted by molar-refractivity contribution is 0.00578. The molecule has 0 amide bonds. The first-order chi connectivity index (χ1) is 11.7. The second-order valence-corrected chi connectivity index (χ2v) is 7.45. The van der Waals surface area contributed by atoms with Crippen LogP contribution in [-0.2, 0) is 15.7 Å². The SMILES string of the molecule is CCNC(CF)Cc1ccc(C=CB2OC(C)(C)C(C)(C)O2)cc1F. The van der Waals surface area contributed by atoms with Gasteiger partial charge in [0.2, 0.25) is 0 Å². The number of likely N-dealkylation sites (N-methyl/N-ethyl adjacent to an activating group) is 1. The third-order valence-electron chi connectivity index (χ3n) is 4.94. The van der Waals surface area contributed by atoms with Gasteiger partial charge in [0, 0.05) is 6.04 Å². The van der Waals surface area contributed by atoms with Gasteiger partial charge in [-0.3, -0.25) is 0 Å². The predicted molar refractivity (Wildman–Crippen MR) is 98.7 cm³/mol. The second-order valence-electron chi connectivity index (χ2n) is 7.45. The average Bonchev–Trinajstić information content (AvgIpc) is 2.74. The van der Waals surface area contributed by atoms with E-state index in [1.165, 1.54) is 6.07 Å². The molecule has 1 heterocycles. The molecule has 1 N–H and O–H groups in total. The highest BCUT2D eigenvalue weighted by atomic mass is 19.1. The van der Waals surface area contributed by atoms with Crippen LogP contribution in [0, 0.1) is 5.82 Å². The number of hydrogen-bond acceptors (Lipinski definition) is 3. The zero-order valence-corrected chi connectivity index (χ0v) is 15.7. The Morgan fingerprint density at radius 3 is 2.36 bits per heavy atom. The molecule has 1 aliphatic heterocycles. The molecule has 0 bridgehead atoms. The molecule has 6 heteroatoms. The molecule has 1 aliphatic rings. The number of nitrogens with one attached hydrogen (secondary N) is 1. The highest BCUT2D eigenvalue weighted by Crippen LogP contribution is 2.37. The molecule has 0 aliphatic carbocycles. The molecule has 25 heavy (non-hydrogen) atoms. The van der Waals surface area contributed by atoms with E-state index < -0.39 is 25.0 Å². The number of benzene rings is 1. The first kappa shape index (κ1) is 20.1. The molecule has 1 aromatic carbocycles. The second kappa shape index (κ2) is 7.98. The fourth-order valence-electron chi connectivity index (χ4n) is 2.73. The summed E-state index contributed by atoms with van der Waals surface area (Å²) < 4.78 is 39.0. The van der Waals surface area contributed by atoms with Crippen LogP contribution in [0.5, 0.6) is 0 Å². The van der Waals surface area contributed by atoms with Crippen molar-refractivity contribution in [2.75, 3.05) is 13.2 Å². The third-order valence-corrected chi connectivity index (χ3v) is 4.94. The summed E-state index contributed by atoms with van der Waals surface area (Å²) in [6, 6.07) is 4.63. The van der Waals surface area contributed by atoms with Crippen LogP contribution in [-0.4, -0.2) is 37.6 Å². The fourth-order valence-corrected chi connectivity index (χ4v) is 2.73. The van der Waals surface area contributed by atoms with E-state index in [0.717, 1.165) is 5.56 Å². The van der Waals surface area contributed by atoms with Gasteiger partial charge in [-0.05, 0) is 57.9 Å². The maximum absolute atomic E-state index is 14.3. The van der Waals surface area contributed by atoms with Gasteiger partial charge in [-0.15, -0.1) is 0 Å². The van der Waals surface area contributed by atoms with Gasteiger partial charge in [-0.2, -0.15) is 0 Å². The van der Waals surface area contributed by atoms with E-state index >= 15 is 0 Å². The normalized spacial score (nSPS) is 20.4. The van der Waals surface area contributed by atoms with Gasteiger partial charge < -0.3 is 14.6 Å². The molecular weight excluding hydrogens is 323 g/mol. The summed E-state index contributed by atoms with van der Waals surface area (Å²) in [6.07, 6.45) is 2.11. The van der Waals surface area contributed by atoms with Crippen LogP contribution >= 0.6 is 0 Å². The number of alkyl halides is 1. The van der Waals surface area contributed by atoms with E-state index in [1.807, 2.05) is 40.7 Å². The van der Waals surface area contributed by atoms with Crippen LogP contribution in [0.3, 0.4) is 0 Å². The smallest absolute Gasteiger partial charge is 0.400 e. The molecule has 1 atom stereocenters. The maximum atomic E-state index is 14.3. The lowest BCUT2D eigenvalue weighted by Crippen LogP contribution is -2.41. The molecule has 0 spiro atoms. The van der Waals surface area contributed by atoms with E-state index in [1.54, 1.807) is 18.1 Å². The van der Waals surface area contributed by atoms with Crippen LogP contribution in [0.1, 0.15) is 45.7 Å². The number of halogens is 2. The Labute approximate surface area is 149 Å². The third kappa shape index (κ3) is 4.90. The lowest BCUT2D eigenvalue weighted by atomic mass is 9.89. The summed E-state index contributed by atoms with van der Waals surface area (Å²) in [4.78, 5) is 0. The van der Waals surface area contributed by atoms with Crippen molar-refractivity contribution < 1.29 is 18.1 Å². The van der Waals surface area contributed by atoms with Crippen molar-refractivity contribution in [3.8, 4) is 0 Å². The van der Waals surface area contributed by atoms with E-state index in [9.17, 15) is 8.78 Å². The summed E-state index contributed by atoms with van der Waals surface area (Å²) in [5, 5.41) is 3.01. The van der Waals surface area contributed by atoms with Crippen molar-refractivity contribution in [3.63, 3.8) is 0 Å². The lowest BCUT2D eigenvalue weighted by Gasteiger charge is -2.32. The summed E-state index contributed by atoms with van der Waals surface area (Å²) >= 11 is 0. The Bertz CT molecular complexity index is 603. The van der Waals surface area contributed by atoms with Gasteiger partial charge in [0.1, 0.15) is 12.5 Å². The Morgan fingerprint density at radius 2 is 1.84 bits per heavy atom. The Balaban J connectivity index is 2.03. The van der Waals surface area contributed by atoms with E-state index in [0.29, 0.717) is 18.5 Å². The van der Waals surface area contributed by atoms with E-state index in [2.05, 4.69) is 5.32 Å². The Kier molecular flexibility index (Phi) is 6.41. The fraction of sp³-hybridized carbons (Fsp3) is 0.579. The molecule has 1 unspecified atom stereocenters. The van der Waals surface area contributed by atoms with Crippen LogP contribution < -0.4 is 5.32 Å². The van der Waals surface area contributed by atoms with Crippen molar-refractivity contribution in [1.82, 2.24) is 5.32 Å². The highest BCUT2D eigenvalue weighted by Gasteiger charge is 2.49. The number of hydrogen-bond donors (Lipinski definition) is 1. The maximum Gasteiger partial charge on any atom is 0.487 e. The average molecular weight is 351 g/mol. The molecular formula is C19H28BF2NO2. The molecule has 2 rings (SSSR count). The molecule has 1 saturated heterocycles. The predicted octanol–water partition coefficient (Wildman–Crippen LogP) is 3.96. The zero-order valence-electron chi connectivity index (χ0n) is 15.7. The minimum Gasteiger partial charge on any atom is -0.400 e. The van der Waals surface area contributed by atoms with Crippen molar-refractivity contribution in [2.24, 2.45) is 0 Å². The van der Waals surface area contributed by atoms with Crippen molar-refractivity contribution >= 4 is 13.2 Å². The van der Waals surface area contributed by atoms with Gasteiger partial charge in [0.05, 0.1) is 11.2 Å². The van der Waals surface area contributed by atoms with Gasteiger partial charge >= 0.3 is 7.12 Å². The van der Waals surface area contributed by atoms with Crippen molar-refractivity contribution in [2.45, 2.75) is 58.3 Å². The largest absolute Gasteiger partial charge is 0.487 e. The summed E-state index contributed by atoms with van der Waals surface area (Å²) in [5.74, 6) is 1.46. The molecule has 0 aromatic heterocycles. The monoisotopic (exact) mass is 351 g/mol. The Morgan fingerprint density at radius 1 is 1.20 bits per heavy atom. The van der Waals surface area contributed by atoms with Gasteiger partial charge in [0.15, 0.2) is 0 Å². The highest BCUT2D eigenvalue weighted by molar-refractivity contribution is 6.52. The van der Waals surface area contributed by atoms with E-state index in [-0.39, 0.29) is 11.9 Å². The summed E-state index contributed by atoms with van der Waals surface area (Å²) in [7, 11) is -0.461. The van der Waals surface area contributed by atoms with Crippen LogP contribution in [0.2, 0.25) is 0 Å². The molecule has 1 aromatic rings. The standard InChI is InChI=1S/C19H28BF2NO2/c1-6-23-16(13-21)12-15-8-7-14(11-17(15)22)9-10-20-24-18(2,3)19(4,5)25-20/h7-11,16,23H,6,12-13H2,1-5H3. The number of rotatable bonds is 7. The molecule has 0 saturated carbocycles. The first-order valence-electron chi connectivity index (χ1n) is 8.80. The van der Waals surface area contributed by atoms with Gasteiger partial charge in [-0.25, -0.2) is 8.78 Å². The van der Waals surface area contributed by atoms with Crippen LogP contribution in [0.4, 0.5) is 8.78 Å². The molecule has 0 radical (unpaired) electrons. The van der Waals surface area contributed by atoms with Crippen molar-refractivity contribution in [1.29, 1.82) is 0 Å². The van der Waals surface area contributed by atoms with Gasteiger partial charge in [-0.1, -0.05) is 31.1 Å². The summed E-state index contributed by atoms with van der Waals surface area (Å²) in [5.41, 5.74) is 0.433. The van der Waals surface area contributed by atoms with Gasteiger partial charge in [0.25, 0.3) is 0 Å². The molecule has 3 nitrogen and oxygen atoms in total. The van der Waals surface area contributed by atoms with Crippen molar-refractivity contribution in [3.05, 3.63) is 41.1 Å². The van der Waals surface area contributed by atoms with E-state index in [4.69, 9.17) is 9.31 Å². The first-order valence-corrected chi connectivity index (χ1v) is 8.80. The topological polar surface area (TPSA) is 30.5 Å². The minimum absolute atomic E-state index is 0.326. The molecule has 138 valence electrons. The zero-order chi connectivity index (χ0) is 18.7. The summed E-state index contributed by atoms with van der Waals surface area (Å²) in [6.45, 7) is 9.99. The Hall–Kier alpha value is -1.24. The van der Waals surface area contributed by atoms with Crippen LogP contribution in [0.25, 0.3) is 6.08 Å². The molecule has 1 fully saturated rings.